The third kappa shape index (κ3) is 4.63. The van der Waals surface area contributed by atoms with Gasteiger partial charge in [-0.25, -0.2) is 4.98 Å². The number of halogens is 3. The van der Waals surface area contributed by atoms with Crippen LogP contribution in [0, 0.1) is 0 Å². The molecule has 1 heterocycles. The maximum atomic E-state index is 12.0. The SMILES string of the molecule is Nc1ncc(C(=O)NCc2ccc(OC(F)(F)F)cc2)s1. The Morgan fingerprint density at radius 1 is 1.33 bits per heavy atom. The van der Waals surface area contributed by atoms with Crippen molar-refractivity contribution in [1.82, 2.24) is 10.3 Å². The fourth-order valence-electron chi connectivity index (χ4n) is 1.47. The lowest BCUT2D eigenvalue weighted by Crippen LogP contribution is -2.21. The zero-order chi connectivity index (χ0) is 15.5. The molecule has 5 nitrogen and oxygen atoms in total. The summed E-state index contributed by atoms with van der Waals surface area (Å²) in [5.74, 6) is -0.660. The number of thiazole rings is 1. The molecule has 0 bridgehead atoms. The van der Waals surface area contributed by atoms with Gasteiger partial charge in [0.25, 0.3) is 5.91 Å². The van der Waals surface area contributed by atoms with E-state index in [0.29, 0.717) is 10.4 Å². The largest absolute Gasteiger partial charge is 0.573 e. The van der Waals surface area contributed by atoms with E-state index < -0.39 is 6.36 Å². The molecule has 1 amide bonds. The van der Waals surface area contributed by atoms with Crippen molar-refractivity contribution in [2.24, 2.45) is 0 Å². The highest BCUT2D eigenvalue weighted by atomic mass is 32.1. The number of alkyl halides is 3. The van der Waals surface area contributed by atoms with Gasteiger partial charge in [-0.05, 0) is 17.7 Å². The van der Waals surface area contributed by atoms with Crippen molar-refractivity contribution in [1.29, 1.82) is 0 Å². The number of carbonyl (C=O) groups excluding carboxylic acids is 1. The minimum atomic E-state index is -4.72. The summed E-state index contributed by atoms with van der Waals surface area (Å²) in [6.45, 7) is 0.170. The van der Waals surface area contributed by atoms with Crippen molar-refractivity contribution in [3.63, 3.8) is 0 Å². The Hall–Kier alpha value is -2.29. The van der Waals surface area contributed by atoms with Gasteiger partial charge >= 0.3 is 6.36 Å². The Labute approximate surface area is 121 Å². The van der Waals surface area contributed by atoms with E-state index in [1.165, 1.54) is 30.5 Å². The second-order valence-electron chi connectivity index (χ2n) is 3.94. The minimum Gasteiger partial charge on any atom is -0.406 e. The third-order valence-electron chi connectivity index (χ3n) is 2.36. The van der Waals surface area contributed by atoms with Gasteiger partial charge in [0, 0.05) is 6.54 Å². The third-order valence-corrected chi connectivity index (χ3v) is 3.18. The number of hydrogen-bond acceptors (Lipinski definition) is 5. The lowest BCUT2D eigenvalue weighted by atomic mass is 10.2. The van der Waals surface area contributed by atoms with Crippen LogP contribution in [0.2, 0.25) is 0 Å². The molecule has 112 valence electrons. The minimum absolute atomic E-state index is 0.170. The molecule has 1 aromatic carbocycles. The molecule has 0 aliphatic rings. The van der Waals surface area contributed by atoms with Gasteiger partial charge in [-0.15, -0.1) is 13.2 Å². The number of amides is 1. The number of aromatic nitrogens is 1. The highest BCUT2D eigenvalue weighted by molar-refractivity contribution is 7.17. The fourth-order valence-corrected chi connectivity index (χ4v) is 2.07. The van der Waals surface area contributed by atoms with Gasteiger partial charge in [-0.1, -0.05) is 23.5 Å². The van der Waals surface area contributed by atoms with Crippen LogP contribution in [0.1, 0.15) is 15.2 Å². The van der Waals surface area contributed by atoms with E-state index in [1.54, 1.807) is 0 Å². The van der Waals surface area contributed by atoms with Crippen LogP contribution >= 0.6 is 11.3 Å². The van der Waals surface area contributed by atoms with Crippen LogP contribution in [-0.4, -0.2) is 17.3 Å². The number of benzene rings is 1. The molecule has 0 aliphatic carbocycles. The van der Waals surface area contributed by atoms with Crippen molar-refractivity contribution >= 4 is 22.4 Å². The topological polar surface area (TPSA) is 77.2 Å². The first-order chi connectivity index (χ1) is 9.83. The maximum absolute atomic E-state index is 12.0. The van der Waals surface area contributed by atoms with Gasteiger partial charge in [0.2, 0.25) is 0 Å². The molecule has 0 radical (unpaired) electrons. The summed E-state index contributed by atoms with van der Waals surface area (Å²) in [6.07, 6.45) is -3.36. The van der Waals surface area contributed by atoms with E-state index in [9.17, 15) is 18.0 Å². The predicted octanol–water partition coefficient (Wildman–Crippen LogP) is 2.55. The van der Waals surface area contributed by atoms with E-state index in [2.05, 4.69) is 15.0 Å². The number of ether oxygens (including phenoxy) is 1. The highest BCUT2D eigenvalue weighted by Gasteiger charge is 2.30. The van der Waals surface area contributed by atoms with Crippen LogP contribution in [0.5, 0.6) is 5.75 Å². The summed E-state index contributed by atoms with van der Waals surface area (Å²) in [5.41, 5.74) is 6.05. The lowest BCUT2D eigenvalue weighted by Gasteiger charge is -2.09. The van der Waals surface area contributed by atoms with Crippen molar-refractivity contribution in [2.45, 2.75) is 12.9 Å². The van der Waals surface area contributed by atoms with Crippen LogP contribution in [0.4, 0.5) is 18.3 Å². The number of carbonyl (C=O) groups is 1. The first-order valence-electron chi connectivity index (χ1n) is 5.68. The first-order valence-corrected chi connectivity index (χ1v) is 6.49. The van der Waals surface area contributed by atoms with Gasteiger partial charge in [0.15, 0.2) is 5.13 Å². The second-order valence-corrected chi connectivity index (χ2v) is 5.00. The molecule has 0 unspecified atom stereocenters. The summed E-state index contributed by atoms with van der Waals surface area (Å²) in [4.78, 5) is 15.8. The average Bonchev–Trinajstić information content (AvgIpc) is 2.82. The fraction of sp³-hybridized carbons (Fsp3) is 0.167. The molecule has 0 aliphatic heterocycles. The van der Waals surface area contributed by atoms with Crippen molar-refractivity contribution < 1.29 is 22.7 Å². The molecule has 2 rings (SSSR count). The Morgan fingerprint density at radius 2 is 2.00 bits per heavy atom. The van der Waals surface area contributed by atoms with Crippen LogP contribution in [0.25, 0.3) is 0 Å². The summed E-state index contributed by atoms with van der Waals surface area (Å²) in [7, 11) is 0. The maximum Gasteiger partial charge on any atom is 0.573 e. The molecular formula is C12H10F3N3O2S. The molecule has 0 atom stereocenters. The first kappa shape index (κ1) is 15.1. The molecular weight excluding hydrogens is 307 g/mol. The van der Waals surface area contributed by atoms with E-state index in [4.69, 9.17) is 5.73 Å². The predicted molar refractivity (Wildman–Crippen MR) is 70.8 cm³/mol. The summed E-state index contributed by atoms with van der Waals surface area (Å²) in [5, 5.41) is 2.90. The summed E-state index contributed by atoms with van der Waals surface area (Å²) < 4.78 is 39.7. The Morgan fingerprint density at radius 3 is 2.52 bits per heavy atom. The number of nitrogens with one attached hydrogen (secondary N) is 1. The van der Waals surface area contributed by atoms with E-state index in [-0.39, 0.29) is 23.3 Å². The Bertz CT molecular complexity index is 625. The smallest absolute Gasteiger partial charge is 0.406 e. The zero-order valence-electron chi connectivity index (χ0n) is 10.5. The quantitative estimate of drug-likeness (QED) is 0.908. The zero-order valence-corrected chi connectivity index (χ0v) is 11.3. The lowest BCUT2D eigenvalue weighted by molar-refractivity contribution is -0.274. The summed E-state index contributed by atoms with van der Waals surface area (Å²) in [6, 6.07) is 5.23. The number of rotatable bonds is 4. The molecule has 9 heteroatoms. The standard InChI is InChI=1S/C12H10F3N3O2S/c13-12(14,15)20-8-3-1-7(2-4-8)5-17-10(19)9-6-18-11(16)21-9/h1-4,6H,5H2,(H2,16,18)(H,17,19). The number of nitrogen functional groups attached to an aromatic ring is 1. The van der Waals surface area contributed by atoms with Crippen molar-refractivity contribution in [3.05, 3.63) is 40.9 Å². The van der Waals surface area contributed by atoms with Gasteiger partial charge in [0.05, 0.1) is 6.20 Å². The van der Waals surface area contributed by atoms with Crippen LogP contribution in [0.3, 0.4) is 0 Å². The second kappa shape index (κ2) is 6.00. The average molecular weight is 317 g/mol. The normalized spacial score (nSPS) is 11.2. The number of nitrogens with zero attached hydrogens (tertiary/aromatic N) is 1. The molecule has 1 aromatic heterocycles. The van der Waals surface area contributed by atoms with Crippen molar-refractivity contribution in [3.8, 4) is 5.75 Å². The molecule has 2 aromatic rings. The molecule has 0 saturated heterocycles. The Kier molecular flexibility index (Phi) is 4.32. The van der Waals surface area contributed by atoms with Crippen LogP contribution in [0.15, 0.2) is 30.5 Å². The van der Waals surface area contributed by atoms with Crippen molar-refractivity contribution in [2.75, 3.05) is 5.73 Å². The number of nitrogens with two attached hydrogens (primary N) is 1. The van der Waals surface area contributed by atoms with E-state index in [0.717, 1.165) is 11.3 Å². The monoisotopic (exact) mass is 317 g/mol. The molecule has 0 spiro atoms. The number of anilines is 1. The van der Waals surface area contributed by atoms with Crippen LogP contribution in [-0.2, 0) is 6.54 Å². The highest BCUT2D eigenvalue weighted by Crippen LogP contribution is 2.22. The van der Waals surface area contributed by atoms with Crippen LogP contribution < -0.4 is 15.8 Å². The molecule has 21 heavy (non-hydrogen) atoms. The van der Waals surface area contributed by atoms with Gasteiger partial charge in [-0.2, -0.15) is 0 Å². The van der Waals surface area contributed by atoms with E-state index >= 15 is 0 Å². The van der Waals surface area contributed by atoms with Gasteiger partial charge < -0.3 is 15.8 Å². The Balaban J connectivity index is 1.90. The van der Waals surface area contributed by atoms with E-state index in [1.807, 2.05) is 0 Å². The molecule has 0 saturated carbocycles. The molecule has 3 N–H and O–H groups in total. The molecule has 0 fully saturated rings. The van der Waals surface area contributed by atoms with Gasteiger partial charge in [0.1, 0.15) is 10.6 Å². The van der Waals surface area contributed by atoms with Gasteiger partial charge in [-0.3, -0.25) is 4.79 Å². The summed E-state index contributed by atoms with van der Waals surface area (Å²) >= 11 is 1.05. The number of hydrogen-bond donors (Lipinski definition) is 2.